The monoisotopic (exact) mass is 382 g/mol. The maximum atomic E-state index is 12.5. The summed E-state index contributed by atoms with van der Waals surface area (Å²) in [5, 5.41) is 0. The van der Waals surface area contributed by atoms with E-state index in [1.165, 1.54) is 0 Å². The number of nitrogens with two attached hydrogens (primary N) is 1. The SMILES string of the molecule is CCCc1nc2c(N)nc3cccnc3c2n1CCCC(=O)N1CCOCC1. The molecule has 0 bridgehead atoms. The molecule has 0 aromatic carbocycles. The molecule has 0 spiro atoms. The molecule has 1 saturated heterocycles. The molecule has 8 heteroatoms. The van der Waals surface area contributed by atoms with E-state index in [9.17, 15) is 4.79 Å². The van der Waals surface area contributed by atoms with Gasteiger partial charge in [-0.3, -0.25) is 9.78 Å². The van der Waals surface area contributed by atoms with E-state index < -0.39 is 0 Å². The molecule has 4 heterocycles. The first-order valence-electron chi connectivity index (χ1n) is 9.94. The molecule has 1 aliphatic rings. The number of aromatic nitrogens is 4. The van der Waals surface area contributed by atoms with Crippen molar-refractivity contribution in [2.45, 2.75) is 39.2 Å². The van der Waals surface area contributed by atoms with E-state index in [1.54, 1.807) is 6.20 Å². The summed E-state index contributed by atoms with van der Waals surface area (Å²) in [6.45, 7) is 5.46. The van der Waals surface area contributed by atoms with Gasteiger partial charge < -0.3 is 19.9 Å². The number of amides is 1. The van der Waals surface area contributed by atoms with Crippen LogP contribution in [0.3, 0.4) is 0 Å². The lowest BCUT2D eigenvalue weighted by atomic mass is 10.2. The molecule has 0 aliphatic carbocycles. The Morgan fingerprint density at radius 1 is 1.25 bits per heavy atom. The first-order chi connectivity index (χ1) is 13.7. The van der Waals surface area contributed by atoms with Crippen molar-refractivity contribution in [2.24, 2.45) is 0 Å². The largest absolute Gasteiger partial charge is 0.382 e. The predicted molar refractivity (Wildman–Crippen MR) is 108 cm³/mol. The van der Waals surface area contributed by atoms with Crippen LogP contribution >= 0.6 is 0 Å². The molecule has 0 atom stereocenters. The molecule has 1 amide bonds. The third-order valence-electron chi connectivity index (χ3n) is 5.15. The number of hydrogen-bond acceptors (Lipinski definition) is 6. The van der Waals surface area contributed by atoms with Gasteiger partial charge in [-0.1, -0.05) is 6.92 Å². The number of ether oxygens (including phenoxy) is 1. The van der Waals surface area contributed by atoms with E-state index in [-0.39, 0.29) is 5.91 Å². The Bertz CT molecular complexity index is 993. The van der Waals surface area contributed by atoms with E-state index in [0.717, 1.165) is 41.6 Å². The number of anilines is 1. The fourth-order valence-corrected chi connectivity index (χ4v) is 3.78. The Hall–Kier alpha value is -2.74. The molecule has 3 aromatic heterocycles. The van der Waals surface area contributed by atoms with Gasteiger partial charge in [-0.05, 0) is 25.0 Å². The van der Waals surface area contributed by atoms with Crippen molar-refractivity contribution >= 4 is 33.8 Å². The zero-order valence-corrected chi connectivity index (χ0v) is 16.2. The highest BCUT2D eigenvalue weighted by Gasteiger charge is 2.19. The Balaban J connectivity index is 1.63. The van der Waals surface area contributed by atoms with Gasteiger partial charge in [0.1, 0.15) is 22.4 Å². The van der Waals surface area contributed by atoms with Gasteiger partial charge >= 0.3 is 0 Å². The van der Waals surface area contributed by atoms with Gasteiger partial charge in [0.25, 0.3) is 0 Å². The summed E-state index contributed by atoms with van der Waals surface area (Å²) in [5.74, 6) is 1.59. The van der Waals surface area contributed by atoms with Gasteiger partial charge in [-0.2, -0.15) is 0 Å². The lowest BCUT2D eigenvalue weighted by Gasteiger charge is -2.26. The number of imidazole rings is 1. The van der Waals surface area contributed by atoms with Crippen molar-refractivity contribution in [3.63, 3.8) is 0 Å². The second-order valence-electron chi connectivity index (χ2n) is 7.09. The number of pyridine rings is 2. The molecule has 0 radical (unpaired) electrons. The minimum atomic E-state index is 0.189. The molecular formula is C20H26N6O2. The van der Waals surface area contributed by atoms with Crippen LogP contribution in [0.4, 0.5) is 5.82 Å². The minimum absolute atomic E-state index is 0.189. The van der Waals surface area contributed by atoms with Crippen molar-refractivity contribution in [1.82, 2.24) is 24.4 Å². The number of morpholine rings is 1. The van der Waals surface area contributed by atoms with Crippen LogP contribution in [0.15, 0.2) is 18.3 Å². The predicted octanol–water partition coefficient (Wildman–Crippen LogP) is 2.15. The highest BCUT2D eigenvalue weighted by atomic mass is 16.5. The van der Waals surface area contributed by atoms with Gasteiger partial charge in [0, 0.05) is 38.7 Å². The van der Waals surface area contributed by atoms with Gasteiger partial charge in [0.05, 0.1) is 18.7 Å². The number of nitrogen functional groups attached to an aromatic ring is 1. The number of nitrogens with zero attached hydrogens (tertiary/aromatic N) is 5. The van der Waals surface area contributed by atoms with Gasteiger partial charge in [0.2, 0.25) is 5.91 Å². The minimum Gasteiger partial charge on any atom is -0.382 e. The van der Waals surface area contributed by atoms with Crippen LogP contribution in [0, 0.1) is 0 Å². The zero-order chi connectivity index (χ0) is 19.5. The van der Waals surface area contributed by atoms with Crippen molar-refractivity contribution < 1.29 is 9.53 Å². The van der Waals surface area contributed by atoms with Crippen molar-refractivity contribution in [3.8, 4) is 0 Å². The standard InChI is InChI=1S/C20H26N6O2/c1-2-5-15-24-18-19(17-14(23-20(18)21)6-3-8-22-17)26(15)9-4-7-16(27)25-10-12-28-13-11-25/h3,6,8H,2,4-5,7,9-13H2,1H3,(H2,21,23). The summed E-state index contributed by atoms with van der Waals surface area (Å²) in [6.07, 6.45) is 4.85. The Labute approximate surface area is 163 Å². The Kier molecular flexibility index (Phi) is 5.38. The second kappa shape index (κ2) is 8.10. The van der Waals surface area contributed by atoms with Gasteiger partial charge in [-0.25, -0.2) is 9.97 Å². The molecule has 0 unspecified atom stereocenters. The van der Waals surface area contributed by atoms with Crippen LogP contribution in [-0.2, 0) is 22.5 Å². The van der Waals surface area contributed by atoms with Crippen LogP contribution in [0.1, 0.15) is 32.0 Å². The fourth-order valence-electron chi connectivity index (χ4n) is 3.78. The maximum absolute atomic E-state index is 12.5. The zero-order valence-electron chi connectivity index (χ0n) is 16.2. The first-order valence-corrected chi connectivity index (χ1v) is 9.94. The summed E-state index contributed by atoms with van der Waals surface area (Å²) in [7, 11) is 0. The average Bonchev–Trinajstić information content (AvgIpc) is 3.08. The molecule has 3 aromatic rings. The highest BCUT2D eigenvalue weighted by Crippen LogP contribution is 2.28. The van der Waals surface area contributed by atoms with E-state index in [2.05, 4.69) is 21.5 Å². The number of carbonyl (C=O) groups is 1. The third-order valence-corrected chi connectivity index (χ3v) is 5.15. The van der Waals surface area contributed by atoms with Crippen LogP contribution in [-0.4, -0.2) is 56.6 Å². The first kappa shape index (κ1) is 18.6. The number of hydrogen-bond donors (Lipinski definition) is 1. The van der Waals surface area contributed by atoms with E-state index in [1.807, 2.05) is 17.0 Å². The number of aryl methyl sites for hydroxylation is 2. The average molecular weight is 382 g/mol. The van der Waals surface area contributed by atoms with Crippen molar-refractivity contribution in [3.05, 3.63) is 24.2 Å². The van der Waals surface area contributed by atoms with Crippen LogP contribution < -0.4 is 5.73 Å². The summed E-state index contributed by atoms with van der Waals surface area (Å²) in [6, 6.07) is 3.77. The molecule has 0 saturated carbocycles. The number of fused-ring (bicyclic) bond motifs is 3. The molecule has 4 rings (SSSR count). The highest BCUT2D eigenvalue weighted by molar-refractivity contribution is 6.04. The third kappa shape index (κ3) is 3.52. The molecule has 1 fully saturated rings. The normalized spacial score (nSPS) is 14.8. The second-order valence-corrected chi connectivity index (χ2v) is 7.09. The number of rotatable bonds is 6. The molecule has 28 heavy (non-hydrogen) atoms. The smallest absolute Gasteiger partial charge is 0.222 e. The fraction of sp³-hybridized carbons (Fsp3) is 0.500. The summed E-state index contributed by atoms with van der Waals surface area (Å²) in [5.41, 5.74) is 9.38. The molecule has 1 aliphatic heterocycles. The quantitative estimate of drug-likeness (QED) is 0.701. The van der Waals surface area contributed by atoms with Gasteiger partial charge in [0.15, 0.2) is 5.82 Å². The lowest BCUT2D eigenvalue weighted by molar-refractivity contribution is -0.135. The Morgan fingerprint density at radius 2 is 2.07 bits per heavy atom. The van der Waals surface area contributed by atoms with Crippen LogP contribution in [0.2, 0.25) is 0 Å². The van der Waals surface area contributed by atoms with Gasteiger partial charge in [-0.15, -0.1) is 0 Å². The van der Waals surface area contributed by atoms with Crippen LogP contribution in [0.25, 0.3) is 22.1 Å². The maximum Gasteiger partial charge on any atom is 0.222 e. The van der Waals surface area contributed by atoms with Crippen molar-refractivity contribution in [1.29, 1.82) is 0 Å². The topological polar surface area (TPSA) is 99.2 Å². The van der Waals surface area contributed by atoms with Crippen LogP contribution in [0.5, 0.6) is 0 Å². The Morgan fingerprint density at radius 3 is 2.86 bits per heavy atom. The van der Waals surface area contributed by atoms with E-state index in [0.29, 0.717) is 50.6 Å². The van der Waals surface area contributed by atoms with E-state index >= 15 is 0 Å². The molecule has 2 N–H and O–H groups in total. The van der Waals surface area contributed by atoms with E-state index in [4.69, 9.17) is 15.5 Å². The molecule has 8 nitrogen and oxygen atoms in total. The molecular weight excluding hydrogens is 356 g/mol. The van der Waals surface area contributed by atoms with Crippen molar-refractivity contribution in [2.75, 3.05) is 32.0 Å². The molecule has 148 valence electrons. The lowest BCUT2D eigenvalue weighted by Crippen LogP contribution is -2.40. The summed E-state index contributed by atoms with van der Waals surface area (Å²) in [4.78, 5) is 28.1. The summed E-state index contributed by atoms with van der Waals surface area (Å²) < 4.78 is 7.50. The number of carbonyl (C=O) groups excluding carboxylic acids is 1. The summed E-state index contributed by atoms with van der Waals surface area (Å²) >= 11 is 0.